The Morgan fingerprint density at radius 1 is 0.651 bits per heavy atom. The minimum absolute atomic E-state index is 0.348. The van der Waals surface area contributed by atoms with Crippen molar-refractivity contribution >= 4 is 11.9 Å². The van der Waals surface area contributed by atoms with Crippen LogP contribution in [0.2, 0.25) is 0 Å². The number of carbonyl (C=O) groups is 2. The molecule has 0 saturated carbocycles. The Kier molecular flexibility index (Phi) is 13.0. The van der Waals surface area contributed by atoms with Gasteiger partial charge in [0, 0.05) is 11.1 Å². The minimum Gasteiger partial charge on any atom is -0.462 e. The van der Waals surface area contributed by atoms with E-state index >= 15 is 0 Å². The van der Waals surface area contributed by atoms with Gasteiger partial charge in [0.2, 0.25) is 0 Å². The molecule has 0 amide bonds. The highest BCUT2D eigenvalue weighted by molar-refractivity contribution is 5.87. The highest BCUT2D eigenvalue weighted by atomic mass is 16.5. The van der Waals surface area contributed by atoms with E-state index in [-0.39, 0.29) is 11.9 Å². The summed E-state index contributed by atoms with van der Waals surface area (Å²) in [5.41, 5.74) is 12.1. The summed E-state index contributed by atoms with van der Waals surface area (Å²) in [6.07, 6.45) is 7.52. The maximum atomic E-state index is 11.8. The van der Waals surface area contributed by atoms with E-state index in [1.54, 1.807) is 13.8 Å². The van der Waals surface area contributed by atoms with Crippen LogP contribution in [0.15, 0.2) is 78.9 Å². The van der Waals surface area contributed by atoms with Gasteiger partial charge in [0.05, 0.1) is 13.2 Å². The van der Waals surface area contributed by atoms with Crippen molar-refractivity contribution in [3.05, 3.63) is 107 Å². The van der Waals surface area contributed by atoms with Crippen molar-refractivity contribution in [3.8, 4) is 22.3 Å². The molecule has 0 bridgehead atoms. The van der Waals surface area contributed by atoms with Gasteiger partial charge in [0.15, 0.2) is 0 Å². The second-order valence-electron chi connectivity index (χ2n) is 11.5. The third-order valence-electron chi connectivity index (χ3n) is 7.87. The Labute approximate surface area is 258 Å². The summed E-state index contributed by atoms with van der Waals surface area (Å²) in [6.45, 7) is 18.0. The lowest BCUT2D eigenvalue weighted by Crippen LogP contribution is -2.08. The van der Waals surface area contributed by atoms with Crippen LogP contribution in [0.4, 0.5) is 0 Å². The summed E-state index contributed by atoms with van der Waals surface area (Å²) in [4.78, 5) is 23.7. The molecule has 0 aromatic heterocycles. The molecule has 0 heterocycles. The minimum atomic E-state index is -0.348. The average Bonchev–Trinajstić information content (AvgIpc) is 3.01. The Morgan fingerprint density at radius 2 is 1.16 bits per heavy atom. The fraction of sp³-hybridized carbons (Fsp3) is 0.385. The molecule has 43 heavy (non-hydrogen) atoms. The van der Waals surface area contributed by atoms with E-state index in [1.165, 1.54) is 62.9 Å². The summed E-state index contributed by atoms with van der Waals surface area (Å²) < 4.78 is 10.7. The van der Waals surface area contributed by atoms with Crippen LogP contribution >= 0.6 is 0 Å². The molecule has 0 radical (unpaired) electrons. The van der Waals surface area contributed by atoms with Crippen LogP contribution in [0.25, 0.3) is 22.3 Å². The Bertz CT molecular complexity index is 1370. The van der Waals surface area contributed by atoms with Crippen molar-refractivity contribution in [3.63, 3.8) is 0 Å². The van der Waals surface area contributed by atoms with Gasteiger partial charge in [-0.2, -0.15) is 0 Å². The number of hydrogen-bond acceptors (Lipinski definition) is 4. The van der Waals surface area contributed by atoms with Crippen LogP contribution in [0.3, 0.4) is 0 Å². The molecule has 228 valence electrons. The number of carbonyl (C=O) groups excluding carboxylic acids is 2. The SMILES string of the molecule is C=C(C)C(=O)OCCCc1cc(-c2ccc(-c3ccc(CCCC)cc3)cc2CC)cc(CCCOC(=O)C(=C)C)c1C. The van der Waals surface area contributed by atoms with E-state index in [0.717, 1.165) is 38.5 Å². The third-order valence-corrected chi connectivity index (χ3v) is 7.87. The average molecular weight is 581 g/mol. The Morgan fingerprint density at radius 3 is 1.65 bits per heavy atom. The van der Waals surface area contributed by atoms with E-state index in [0.29, 0.717) is 24.4 Å². The number of ether oxygens (including phenoxy) is 2. The molecule has 0 spiro atoms. The normalized spacial score (nSPS) is 10.8. The first-order chi connectivity index (χ1) is 20.6. The van der Waals surface area contributed by atoms with Gasteiger partial charge in [-0.1, -0.05) is 88.0 Å². The van der Waals surface area contributed by atoms with Crippen LogP contribution in [-0.4, -0.2) is 25.2 Å². The first kappa shape index (κ1) is 33.6. The third kappa shape index (κ3) is 9.81. The molecule has 4 heteroatoms. The quantitative estimate of drug-likeness (QED) is 0.0962. The molecule has 0 unspecified atom stereocenters. The molecule has 0 N–H and O–H groups in total. The van der Waals surface area contributed by atoms with Gasteiger partial charge >= 0.3 is 11.9 Å². The van der Waals surface area contributed by atoms with Crippen LogP contribution in [0.1, 0.15) is 81.2 Å². The first-order valence-electron chi connectivity index (χ1n) is 15.6. The predicted molar refractivity (Wildman–Crippen MR) is 178 cm³/mol. The molecule has 0 aliphatic heterocycles. The number of hydrogen-bond donors (Lipinski definition) is 0. The monoisotopic (exact) mass is 580 g/mol. The van der Waals surface area contributed by atoms with Crippen molar-refractivity contribution in [2.24, 2.45) is 0 Å². The number of benzene rings is 3. The molecule has 0 aliphatic carbocycles. The fourth-order valence-corrected chi connectivity index (χ4v) is 5.21. The van der Waals surface area contributed by atoms with Crippen LogP contribution in [-0.2, 0) is 44.7 Å². The van der Waals surface area contributed by atoms with Gasteiger partial charge in [-0.25, -0.2) is 9.59 Å². The van der Waals surface area contributed by atoms with Crippen molar-refractivity contribution in [2.75, 3.05) is 13.2 Å². The lowest BCUT2D eigenvalue weighted by molar-refractivity contribution is -0.139. The zero-order valence-corrected chi connectivity index (χ0v) is 26.8. The van der Waals surface area contributed by atoms with Gasteiger partial charge in [-0.3, -0.25) is 0 Å². The topological polar surface area (TPSA) is 52.6 Å². The summed E-state index contributed by atoms with van der Waals surface area (Å²) >= 11 is 0. The van der Waals surface area contributed by atoms with Crippen molar-refractivity contribution in [2.45, 2.75) is 86.0 Å². The molecule has 3 rings (SSSR count). The van der Waals surface area contributed by atoms with Crippen LogP contribution < -0.4 is 0 Å². The molecule has 3 aromatic carbocycles. The highest BCUT2D eigenvalue weighted by Gasteiger charge is 2.14. The molecule has 4 nitrogen and oxygen atoms in total. The van der Waals surface area contributed by atoms with Gasteiger partial charge in [0.1, 0.15) is 0 Å². The molecule has 0 fully saturated rings. The predicted octanol–water partition coefficient (Wildman–Crippen LogP) is 9.34. The highest BCUT2D eigenvalue weighted by Crippen LogP contribution is 2.33. The summed E-state index contributed by atoms with van der Waals surface area (Å²) in [6, 6.07) is 20.4. The zero-order valence-electron chi connectivity index (χ0n) is 26.8. The number of rotatable bonds is 16. The molecule has 0 atom stereocenters. The maximum Gasteiger partial charge on any atom is 0.333 e. The number of unbranched alkanes of at least 4 members (excludes halogenated alkanes) is 1. The smallest absolute Gasteiger partial charge is 0.333 e. The Balaban J connectivity index is 1.89. The zero-order chi connectivity index (χ0) is 31.4. The molecular formula is C39H48O4. The number of esters is 2. The van der Waals surface area contributed by atoms with E-state index in [9.17, 15) is 9.59 Å². The summed E-state index contributed by atoms with van der Waals surface area (Å²) in [5, 5.41) is 0. The van der Waals surface area contributed by atoms with E-state index in [2.05, 4.69) is 88.5 Å². The standard InChI is InChI=1S/C39H48O4/c1-8-10-13-30-16-18-32(19-17-30)35-20-21-37(31(9-2)24-35)36-25-33(14-11-22-42-38(40)27(3)4)29(7)34(26-36)15-12-23-43-39(41)28(5)6/h16-21,24-26H,3,5,8-15,22-23H2,1-2,4,6-7H3. The van der Waals surface area contributed by atoms with Crippen molar-refractivity contribution in [1.82, 2.24) is 0 Å². The molecular weight excluding hydrogens is 532 g/mol. The summed E-state index contributed by atoms with van der Waals surface area (Å²) in [5.74, 6) is -0.697. The van der Waals surface area contributed by atoms with E-state index in [1.807, 2.05) is 0 Å². The Hall–Kier alpha value is -3.92. The molecule has 3 aromatic rings. The second-order valence-corrected chi connectivity index (χ2v) is 11.5. The van der Waals surface area contributed by atoms with E-state index in [4.69, 9.17) is 9.47 Å². The lowest BCUT2D eigenvalue weighted by Gasteiger charge is -2.18. The van der Waals surface area contributed by atoms with Crippen LogP contribution in [0, 0.1) is 6.92 Å². The molecule has 0 aliphatic rings. The first-order valence-corrected chi connectivity index (χ1v) is 15.6. The van der Waals surface area contributed by atoms with E-state index < -0.39 is 0 Å². The van der Waals surface area contributed by atoms with Gasteiger partial charge in [0.25, 0.3) is 0 Å². The largest absolute Gasteiger partial charge is 0.462 e. The van der Waals surface area contributed by atoms with Gasteiger partial charge in [-0.05, 0) is 116 Å². The summed E-state index contributed by atoms with van der Waals surface area (Å²) in [7, 11) is 0. The van der Waals surface area contributed by atoms with Crippen LogP contribution in [0.5, 0.6) is 0 Å². The second kappa shape index (κ2) is 16.6. The lowest BCUT2D eigenvalue weighted by atomic mass is 9.88. The number of aryl methyl sites for hydroxylation is 4. The van der Waals surface area contributed by atoms with Gasteiger partial charge < -0.3 is 9.47 Å². The van der Waals surface area contributed by atoms with Crippen molar-refractivity contribution < 1.29 is 19.1 Å². The van der Waals surface area contributed by atoms with Crippen molar-refractivity contribution in [1.29, 1.82) is 0 Å². The maximum absolute atomic E-state index is 11.8. The fourth-order valence-electron chi connectivity index (χ4n) is 5.21. The van der Waals surface area contributed by atoms with Gasteiger partial charge in [-0.15, -0.1) is 0 Å². The molecule has 0 saturated heterocycles.